The van der Waals surface area contributed by atoms with E-state index in [1.165, 1.54) is 21.7 Å². The van der Waals surface area contributed by atoms with Crippen LogP contribution in [0.3, 0.4) is 0 Å². The molecule has 0 N–H and O–H groups in total. The van der Waals surface area contributed by atoms with E-state index >= 15 is 0 Å². The van der Waals surface area contributed by atoms with Crippen LogP contribution in [-0.4, -0.2) is 4.98 Å². The average Bonchev–Trinajstić information content (AvgIpc) is 2.55. The number of fused-ring (bicyclic) bond motifs is 2. The van der Waals surface area contributed by atoms with Crippen LogP contribution in [0, 0.1) is 6.92 Å². The second kappa shape index (κ2) is 5.23. The number of aromatic nitrogens is 2. The number of pyridine rings is 2. The molecule has 0 amide bonds. The van der Waals surface area contributed by atoms with E-state index in [1.807, 2.05) is 0 Å². The van der Waals surface area contributed by atoms with E-state index in [9.17, 15) is 0 Å². The molecule has 106 valence electrons. The zero-order valence-corrected chi connectivity index (χ0v) is 12.5. The first-order valence-corrected chi connectivity index (χ1v) is 7.52. The Bertz CT molecular complexity index is 973. The fourth-order valence-corrected chi connectivity index (χ4v) is 2.84. The number of rotatable bonds is 2. The van der Waals surface area contributed by atoms with Crippen LogP contribution < -0.4 is 4.57 Å². The Balaban J connectivity index is 1.70. The molecule has 0 saturated carbocycles. The van der Waals surface area contributed by atoms with Crippen LogP contribution in [0.1, 0.15) is 11.3 Å². The van der Waals surface area contributed by atoms with Crippen molar-refractivity contribution in [2.45, 2.75) is 13.5 Å². The molecule has 4 aromatic rings. The van der Waals surface area contributed by atoms with Gasteiger partial charge < -0.3 is 0 Å². The lowest BCUT2D eigenvalue weighted by molar-refractivity contribution is -0.687. The van der Waals surface area contributed by atoms with Crippen molar-refractivity contribution in [3.05, 3.63) is 84.3 Å². The lowest BCUT2D eigenvalue weighted by atomic mass is 10.1. The van der Waals surface area contributed by atoms with Gasteiger partial charge >= 0.3 is 0 Å². The Hall–Kier alpha value is -2.74. The maximum atomic E-state index is 4.77. The van der Waals surface area contributed by atoms with Gasteiger partial charge in [-0.3, -0.25) is 0 Å². The molecule has 0 aliphatic heterocycles. The van der Waals surface area contributed by atoms with Crippen LogP contribution in [-0.2, 0) is 6.54 Å². The second-order valence-electron chi connectivity index (χ2n) is 5.74. The van der Waals surface area contributed by atoms with E-state index in [4.69, 9.17) is 4.98 Å². The smallest absolute Gasteiger partial charge is 0.190 e. The van der Waals surface area contributed by atoms with Gasteiger partial charge in [-0.15, -0.1) is 0 Å². The largest absolute Gasteiger partial charge is 0.246 e. The molecule has 0 aliphatic rings. The standard InChI is InChI=1S/C20H17N2/c1-15-6-9-20-17(12-15)7-8-19(21-20)14-22-11-10-16-4-2-3-5-18(16)13-22/h2-13H,14H2,1H3/q+1. The lowest BCUT2D eigenvalue weighted by Crippen LogP contribution is -2.33. The minimum Gasteiger partial charge on any atom is -0.246 e. The first-order chi connectivity index (χ1) is 10.8. The van der Waals surface area contributed by atoms with Gasteiger partial charge in [-0.1, -0.05) is 35.9 Å². The number of hydrogen-bond donors (Lipinski definition) is 0. The SMILES string of the molecule is Cc1ccc2nc(C[n+]3ccc4ccccc4c3)ccc2c1. The molecule has 2 heteroatoms. The topological polar surface area (TPSA) is 16.8 Å². The van der Waals surface area contributed by atoms with Gasteiger partial charge in [0.05, 0.1) is 5.52 Å². The highest BCUT2D eigenvalue weighted by Gasteiger charge is 2.06. The molecule has 2 heterocycles. The van der Waals surface area contributed by atoms with Crippen molar-refractivity contribution in [2.24, 2.45) is 0 Å². The molecule has 0 fully saturated rings. The molecule has 0 bridgehead atoms. The lowest BCUT2D eigenvalue weighted by Gasteiger charge is -2.03. The van der Waals surface area contributed by atoms with Crippen LogP contribution in [0.5, 0.6) is 0 Å². The maximum Gasteiger partial charge on any atom is 0.190 e. The van der Waals surface area contributed by atoms with E-state index in [2.05, 4.69) is 84.5 Å². The first kappa shape index (κ1) is 13.0. The van der Waals surface area contributed by atoms with Crippen molar-refractivity contribution in [1.82, 2.24) is 4.98 Å². The predicted octanol–water partition coefficient (Wildman–Crippen LogP) is 4.03. The first-order valence-electron chi connectivity index (χ1n) is 7.52. The third kappa shape index (κ3) is 2.44. The minimum absolute atomic E-state index is 0.786. The van der Waals surface area contributed by atoms with Gasteiger partial charge in [0, 0.05) is 16.8 Å². The van der Waals surface area contributed by atoms with Crippen LogP contribution in [0.25, 0.3) is 21.7 Å². The summed E-state index contributed by atoms with van der Waals surface area (Å²) < 4.78 is 2.19. The summed E-state index contributed by atoms with van der Waals surface area (Å²) in [6.07, 6.45) is 4.29. The van der Waals surface area contributed by atoms with E-state index in [0.29, 0.717) is 0 Å². The van der Waals surface area contributed by atoms with E-state index < -0.39 is 0 Å². The van der Waals surface area contributed by atoms with E-state index in [-0.39, 0.29) is 0 Å². The molecule has 0 spiro atoms. The summed E-state index contributed by atoms with van der Waals surface area (Å²) in [4.78, 5) is 4.77. The zero-order chi connectivity index (χ0) is 14.9. The second-order valence-corrected chi connectivity index (χ2v) is 5.74. The number of aryl methyl sites for hydroxylation is 1. The predicted molar refractivity (Wildman–Crippen MR) is 89.7 cm³/mol. The van der Waals surface area contributed by atoms with Crippen LogP contribution >= 0.6 is 0 Å². The fraction of sp³-hybridized carbons (Fsp3) is 0.100. The Kier molecular flexibility index (Phi) is 3.08. The molecule has 0 radical (unpaired) electrons. The molecule has 2 nitrogen and oxygen atoms in total. The summed E-state index contributed by atoms with van der Waals surface area (Å²) in [6, 6.07) is 21.2. The summed E-state index contributed by atoms with van der Waals surface area (Å²) in [5.41, 5.74) is 3.41. The number of benzene rings is 2. The number of nitrogens with zero attached hydrogens (tertiary/aromatic N) is 2. The van der Waals surface area contributed by atoms with Crippen LogP contribution in [0.2, 0.25) is 0 Å². The summed E-state index contributed by atoms with van der Waals surface area (Å²) in [5.74, 6) is 0. The Labute approximate surface area is 129 Å². The monoisotopic (exact) mass is 285 g/mol. The Morgan fingerprint density at radius 3 is 2.64 bits per heavy atom. The number of hydrogen-bond acceptors (Lipinski definition) is 1. The summed E-state index contributed by atoms with van der Waals surface area (Å²) in [7, 11) is 0. The molecule has 4 rings (SSSR count). The molecule has 0 saturated heterocycles. The van der Waals surface area contributed by atoms with Gasteiger partial charge in [-0.05, 0) is 36.6 Å². The van der Waals surface area contributed by atoms with E-state index in [1.54, 1.807) is 0 Å². The molecular weight excluding hydrogens is 268 g/mol. The highest BCUT2D eigenvalue weighted by Crippen LogP contribution is 2.15. The van der Waals surface area contributed by atoms with Gasteiger partial charge in [0.2, 0.25) is 0 Å². The maximum absolute atomic E-state index is 4.77. The van der Waals surface area contributed by atoms with Crippen molar-refractivity contribution >= 4 is 21.7 Å². The molecule has 0 unspecified atom stereocenters. The molecule has 0 aliphatic carbocycles. The molecular formula is C20H17N2+. The van der Waals surface area contributed by atoms with Crippen molar-refractivity contribution in [3.8, 4) is 0 Å². The Morgan fingerprint density at radius 1 is 0.864 bits per heavy atom. The third-order valence-corrected chi connectivity index (χ3v) is 3.99. The van der Waals surface area contributed by atoms with Crippen molar-refractivity contribution in [1.29, 1.82) is 0 Å². The highest BCUT2D eigenvalue weighted by atomic mass is 14.9. The van der Waals surface area contributed by atoms with E-state index in [0.717, 1.165) is 17.8 Å². The molecule has 22 heavy (non-hydrogen) atoms. The highest BCUT2D eigenvalue weighted by molar-refractivity contribution is 5.80. The average molecular weight is 285 g/mol. The summed E-state index contributed by atoms with van der Waals surface area (Å²) in [5, 5.41) is 3.72. The van der Waals surface area contributed by atoms with Gasteiger partial charge in [0.1, 0.15) is 5.69 Å². The fourth-order valence-electron chi connectivity index (χ4n) is 2.84. The Morgan fingerprint density at radius 2 is 1.73 bits per heavy atom. The van der Waals surface area contributed by atoms with Crippen molar-refractivity contribution in [2.75, 3.05) is 0 Å². The van der Waals surface area contributed by atoms with Gasteiger partial charge in [-0.2, -0.15) is 4.57 Å². The van der Waals surface area contributed by atoms with Crippen LogP contribution in [0.15, 0.2) is 73.1 Å². The van der Waals surface area contributed by atoms with Crippen molar-refractivity contribution < 1.29 is 4.57 Å². The molecule has 0 atom stereocenters. The minimum atomic E-state index is 0.786. The van der Waals surface area contributed by atoms with Gasteiger partial charge in [0.15, 0.2) is 18.9 Å². The molecule has 2 aromatic heterocycles. The quantitative estimate of drug-likeness (QED) is 0.508. The van der Waals surface area contributed by atoms with Gasteiger partial charge in [-0.25, -0.2) is 4.98 Å². The normalized spacial score (nSPS) is 11.1. The zero-order valence-electron chi connectivity index (χ0n) is 12.5. The summed E-state index contributed by atoms with van der Waals surface area (Å²) in [6.45, 7) is 2.90. The molecule has 2 aromatic carbocycles. The summed E-state index contributed by atoms with van der Waals surface area (Å²) >= 11 is 0. The van der Waals surface area contributed by atoms with Crippen molar-refractivity contribution in [3.63, 3.8) is 0 Å². The van der Waals surface area contributed by atoms with Gasteiger partial charge in [0.25, 0.3) is 0 Å². The van der Waals surface area contributed by atoms with Crippen LogP contribution in [0.4, 0.5) is 0 Å². The third-order valence-electron chi connectivity index (χ3n) is 3.99.